The van der Waals surface area contributed by atoms with Gasteiger partial charge in [-0.15, -0.1) is 94.1 Å². The summed E-state index contributed by atoms with van der Waals surface area (Å²) in [5, 5.41) is 41.9. The third-order valence-corrected chi connectivity index (χ3v) is 18.3. The summed E-state index contributed by atoms with van der Waals surface area (Å²) in [6.07, 6.45) is 0. The standard InChI is InChI=1S/4C16H27NOS2.2ClH.2Zr/c4*1-15(2,3)19-11-9-12(17(7)8)14(18)13(10-11)20-16(4,5)6;;;;/h4*9-10,18H,1-8H3;2*1H;;/p-2. The van der Waals surface area contributed by atoms with Crippen molar-refractivity contribution in [3.05, 3.63) is 48.5 Å². The van der Waals surface area contributed by atoms with Gasteiger partial charge in [0.2, 0.25) is 0 Å². The third-order valence-electron chi connectivity index (χ3n) is 9.40. The average molecular weight is 1510 g/mol. The molecule has 4 rings (SSSR count). The fourth-order valence-electron chi connectivity index (χ4n) is 6.92. The normalized spacial score (nSPS) is 12.0. The minimum Gasteiger partial charge on any atom is -1.00 e. The summed E-state index contributed by atoms with van der Waals surface area (Å²) in [5.41, 5.74) is 3.52. The Morgan fingerprint density at radius 3 is 0.452 bits per heavy atom. The molecule has 0 aliphatic carbocycles. The number of halogens is 2. The molecule has 0 saturated heterocycles. The molecule has 0 spiro atoms. The predicted octanol–water partition coefficient (Wildman–Crippen LogP) is 15.0. The van der Waals surface area contributed by atoms with E-state index in [4.69, 9.17) is 0 Å². The molecule has 4 aromatic rings. The Kier molecular flexibility index (Phi) is 39.6. The average Bonchev–Trinajstić information content (AvgIpc) is 3.18. The van der Waals surface area contributed by atoms with E-state index in [9.17, 15) is 20.4 Å². The van der Waals surface area contributed by atoms with Gasteiger partial charge >= 0.3 is 0 Å². The molecular weight excluding hydrogens is 1400 g/mol. The number of benzene rings is 4. The molecule has 0 atom stereocenters. The number of phenolic OH excluding ortho intramolecular Hbond substituents is 4. The summed E-state index contributed by atoms with van der Waals surface area (Å²) in [6.45, 7) is 52.4. The second-order valence-electron chi connectivity index (χ2n) is 28.4. The first-order chi connectivity index (χ1) is 35.6. The molecule has 0 aromatic heterocycles. The van der Waals surface area contributed by atoms with Crippen LogP contribution in [0.1, 0.15) is 166 Å². The van der Waals surface area contributed by atoms with E-state index in [1.165, 1.54) is 19.6 Å². The summed E-state index contributed by atoms with van der Waals surface area (Å²) in [7, 11) is 15.7. The first kappa shape index (κ1) is 90.8. The van der Waals surface area contributed by atoms with E-state index in [-0.39, 0.29) is 115 Å². The number of thioether (sulfide) groups is 8. The van der Waals surface area contributed by atoms with Gasteiger partial charge in [-0.2, -0.15) is 0 Å². The van der Waals surface area contributed by atoms with Gasteiger partial charge in [0.05, 0.1) is 42.3 Å². The molecule has 0 heterocycles. The molecule has 20 heteroatoms. The number of hydrogen-bond donors (Lipinski definition) is 4. The van der Waals surface area contributed by atoms with Crippen molar-refractivity contribution in [3.8, 4) is 23.0 Å². The van der Waals surface area contributed by atoms with Gasteiger partial charge in [0.15, 0.2) is 23.0 Å². The second kappa shape index (κ2) is 36.6. The number of anilines is 4. The quantitative estimate of drug-likeness (QED) is 0.101. The van der Waals surface area contributed by atoms with Crippen LogP contribution in [0.3, 0.4) is 0 Å². The van der Waals surface area contributed by atoms with E-state index in [0.29, 0.717) is 23.0 Å². The topological polar surface area (TPSA) is 93.9 Å². The molecule has 0 amide bonds. The Bertz CT molecular complexity index is 2270. The van der Waals surface area contributed by atoms with E-state index in [1.54, 1.807) is 47.0 Å². The van der Waals surface area contributed by atoms with E-state index >= 15 is 0 Å². The van der Waals surface area contributed by atoms with Crippen molar-refractivity contribution in [1.29, 1.82) is 0 Å². The molecule has 0 bridgehead atoms. The van der Waals surface area contributed by atoms with Gasteiger partial charge in [0.25, 0.3) is 0 Å². The largest absolute Gasteiger partial charge is 1.00 e. The number of rotatable bonds is 12. The van der Waals surface area contributed by atoms with E-state index < -0.39 is 0 Å². The van der Waals surface area contributed by atoms with Crippen molar-refractivity contribution in [3.63, 3.8) is 0 Å². The minimum atomic E-state index is 0. The van der Waals surface area contributed by atoms with Crippen molar-refractivity contribution in [2.75, 3.05) is 76.0 Å². The Balaban J connectivity index is -0.000000500. The number of phenols is 4. The van der Waals surface area contributed by atoms with Gasteiger partial charge in [-0.1, -0.05) is 166 Å². The fourth-order valence-corrected chi connectivity index (χ4v) is 15.6. The number of nitrogens with zero attached hydrogens (tertiary/aromatic N) is 4. The zero-order valence-corrected chi connectivity index (χ0v) is 70.2. The van der Waals surface area contributed by atoms with E-state index in [1.807, 2.05) is 123 Å². The first-order valence-corrected chi connectivity index (χ1v) is 33.8. The maximum atomic E-state index is 10.5. The van der Waals surface area contributed by atoms with Crippen LogP contribution in [0.5, 0.6) is 23.0 Å². The zero-order valence-electron chi connectivity index (χ0n) is 57.2. The van der Waals surface area contributed by atoms with Crippen LogP contribution < -0.4 is 44.4 Å². The van der Waals surface area contributed by atoms with Crippen LogP contribution >= 0.6 is 94.1 Å². The van der Waals surface area contributed by atoms with Crippen LogP contribution in [0, 0.1) is 0 Å². The Morgan fingerprint density at radius 2 is 0.357 bits per heavy atom. The molecule has 0 aliphatic heterocycles. The van der Waals surface area contributed by atoms with Crippen molar-refractivity contribution >= 4 is 117 Å². The van der Waals surface area contributed by atoms with E-state index in [0.717, 1.165) is 42.3 Å². The van der Waals surface area contributed by atoms with Gasteiger partial charge in [-0.3, -0.25) is 0 Å². The first-order valence-electron chi connectivity index (χ1n) is 27.3. The van der Waals surface area contributed by atoms with Crippen molar-refractivity contribution in [2.45, 2.75) is 243 Å². The van der Waals surface area contributed by atoms with Crippen molar-refractivity contribution in [1.82, 2.24) is 0 Å². The molecule has 0 saturated carbocycles. The third kappa shape index (κ3) is 37.7. The molecule has 4 aromatic carbocycles. The Labute approximate surface area is 598 Å². The summed E-state index contributed by atoms with van der Waals surface area (Å²) >= 11 is 14.2. The Hall–Kier alpha value is 0.426. The molecule has 4 N–H and O–H groups in total. The maximum absolute atomic E-state index is 10.5. The molecule has 0 radical (unpaired) electrons. The summed E-state index contributed by atoms with van der Waals surface area (Å²) < 4.78 is 0.930. The van der Waals surface area contributed by atoms with Gasteiger partial charge in [-0.25, -0.2) is 0 Å². The smallest absolute Gasteiger partial charge is 0.152 e. The van der Waals surface area contributed by atoms with Crippen LogP contribution in [0.2, 0.25) is 0 Å². The maximum Gasteiger partial charge on any atom is 0.152 e. The van der Waals surface area contributed by atoms with Crippen molar-refractivity contribution < 1.29 is 97.6 Å². The second-order valence-corrected chi connectivity index (χ2v) is 43.5. The summed E-state index contributed by atoms with van der Waals surface area (Å²) in [6, 6.07) is 16.7. The van der Waals surface area contributed by atoms with Gasteiger partial charge in [-0.05, 0) is 48.5 Å². The molecule has 480 valence electrons. The fraction of sp³-hybridized carbons (Fsp3) is 0.625. The van der Waals surface area contributed by atoms with Crippen LogP contribution in [-0.2, 0) is 52.4 Å². The summed E-state index contributed by atoms with van der Waals surface area (Å²) in [5.74, 6) is 1.53. The van der Waals surface area contributed by atoms with Crippen LogP contribution in [0.4, 0.5) is 22.7 Å². The van der Waals surface area contributed by atoms with Crippen LogP contribution in [0.15, 0.2) is 87.7 Å². The monoisotopic (exact) mass is 1500 g/mol. The van der Waals surface area contributed by atoms with Crippen LogP contribution in [0.25, 0.3) is 0 Å². The summed E-state index contributed by atoms with van der Waals surface area (Å²) in [4.78, 5) is 16.5. The molecular formula is C64H108Cl2N4O4S8Zr2-2. The minimum absolute atomic E-state index is 0. The van der Waals surface area contributed by atoms with Gasteiger partial charge in [0.1, 0.15) is 0 Å². The number of aromatic hydroxyl groups is 4. The Morgan fingerprint density at radius 1 is 0.238 bits per heavy atom. The molecule has 84 heavy (non-hydrogen) atoms. The van der Waals surface area contributed by atoms with E-state index in [2.05, 4.69) is 215 Å². The van der Waals surface area contributed by atoms with Crippen LogP contribution in [-0.4, -0.2) is 115 Å². The molecule has 0 aliphatic rings. The van der Waals surface area contributed by atoms with Crippen molar-refractivity contribution in [2.24, 2.45) is 0 Å². The predicted molar refractivity (Wildman–Crippen MR) is 375 cm³/mol. The van der Waals surface area contributed by atoms with Gasteiger partial charge in [0, 0.05) is 166 Å². The molecule has 0 unspecified atom stereocenters. The number of hydrogen-bond acceptors (Lipinski definition) is 16. The zero-order chi connectivity index (χ0) is 62.9. The van der Waals surface area contributed by atoms with Gasteiger partial charge < -0.3 is 64.8 Å². The molecule has 8 nitrogen and oxygen atoms in total. The SMILES string of the molecule is CN(C)c1cc(SC(C)(C)C)cc(SC(C)(C)C)c1O.CN(C)c1cc(SC(C)(C)C)cc(SC(C)(C)C)c1O.CN(C)c1cc(SC(C)(C)C)cc(SC(C)(C)C)c1O.CN(C)c1cc(SC(C)(C)C)cc(SC(C)(C)C)c1O.[Cl-].[Cl-].[Zr].[Zr]. The molecule has 0 fully saturated rings.